The molecule has 0 aliphatic carbocycles. The maximum absolute atomic E-state index is 5.09. The Balaban J connectivity index is 2.44. The van der Waals surface area contributed by atoms with Crippen LogP contribution in [0.4, 0.5) is 0 Å². The maximum Gasteiger partial charge on any atom is 0.0578 e. The Hall–Kier alpha value is -1.27. The van der Waals surface area contributed by atoms with Crippen LogP contribution in [0, 0.1) is 12.3 Å². The minimum absolute atomic E-state index is 0.268. The molecule has 0 bridgehead atoms. The lowest BCUT2D eigenvalue weighted by Gasteiger charge is -2.07. The van der Waals surface area contributed by atoms with Gasteiger partial charge in [0.2, 0.25) is 0 Å². The van der Waals surface area contributed by atoms with Crippen molar-refractivity contribution in [2.45, 2.75) is 13.0 Å². The van der Waals surface area contributed by atoms with Gasteiger partial charge >= 0.3 is 0 Å². The summed E-state index contributed by atoms with van der Waals surface area (Å²) in [6.07, 6.45) is 8.74. The van der Waals surface area contributed by atoms with E-state index in [0.717, 1.165) is 5.56 Å². The van der Waals surface area contributed by atoms with Gasteiger partial charge in [-0.25, -0.2) is 0 Å². The second-order valence-corrected chi connectivity index (χ2v) is 2.34. The van der Waals surface area contributed by atoms with E-state index in [4.69, 9.17) is 6.42 Å². The number of nitrogens with zero attached hydrogens (tertiary/aromatic N) is 1. The quantitative estimate of drug-likeness (QED) is 0.621. The van der Waals surface area contributed by atoms with E-state index in [1.165, 1.54) is 0 Å². The molecule has 1 aromatic heterocycles. The first-order valence-corrected chi connectivity index (χ1v) is 3.50. The third-order valence-corrected chi connectivity index (χ3v) is 1.53. The molecule has 0 amide bonds. The lowest BCUT2D eigenvalue weighted by Crippen LogP contribution is -2.17. The van der Waals surface area contributed by atoms with Crippen molar-refractivity contribution in [1.82, 2.24) is 15.5 Å². The molecule has 0 aliphatic heterocycles. The van der Waals surface area contributed by atoms with Crippen molar-refractivity contribution in [1.29, 1.82) is 0 Å². The van der Waals surface area contributed by atoms with Crippen LogP contribution in [0.25, 0.3) is 0 Å². The monoisotopic (exact) mass is 149 g/mol. The summed E-state index contributed by atoms with van der Waals surface area (Å²) in [5.74, 6) is 2.52. The van der Waals surface area contributed by atoms with Crippen LogP contribution >= 0.6 is 0 Å². The average molecular weight is 149 g/mol. The Labute approximate surface area is 66.2 Å². The van der Waals surface area contributed by atoms with Gasteiger partial charge in [0, 0.05) is 17.8 Å². The molecule has 1 rings (SSSR count). The van der Waals surface area contributed by atoms with Crippen molar-refractivity contribution < 1.29 is 0 Å². The highest BCUT2D eigenvalue weighted by Crippen LogP contribution is 2.07. The van der Waals surface area contributed by atoms with Crippen LogP contribution in [0.5, 0.6) is 0 Å². The van der Waals surface area contributed by atoms with Gasteiger partial charge in [-0.1, -0.05) is 5.92 Å². The summed E-state index contributed by atoms with van der Waals surface area (Å²) in [6, 6.07) is 0.268. The lowest BCUT2D eigenvalue weighted by atomic mass is 10.2. The molecule has 1 atom stereocenters. The van der Waals surface area contributed by atoms with Crippen molar-refractivity contribution in [3.63, 3.8) is 0 Å². The fourth-order valence-electron chi connectivity index (χ4n) is 0.828. The Morgan fingerprint density at radius 1 is 1.91 bits per heavy atom. The van der Waals surface area contributed by atoms with E-state index in [0.29, 0.717) is 6.54 Å². The third kappa shape index (κ3) is 2.10. The lowest BCUT2D eigenvalue weighted by molar-refractivity contribution is 0.624. The molecule has 0 fully saturated rings. The van der Waals surface area contributed by atoms with Crippen molar-refractivity contribution in [3.8, 4) is 12.3 Å². The van der Waals surface area contributed by atoms with E-state index in [2.05, 4.69) is 21.4 Å². The molecule has 58 valence electrons. The summed E-state index contributed by atoms with van der Waals surface area (Å²) in [7, 11) is 0. The molecule has 0 aromatic carbocycles. The number of hydrogen-bond donors (Lipinski definition) is 2. The van der Waals surface area contributed by atoms with E-state index < -0.39 is 0 Å². The molecule has 0 radical (unpaired) electrons. The molecule has 0 aliphatic rings. The van der Waals surface area contributed by atoms with E-state index >= 15 is 0 Å². The normalized spacial score (nSPS) is 12.4. The zero-order chi connectivity index (χ0) is 8.10. The molecular weight excluding hydrogens is 138 g/mol. The topological polar surface area (TPSA) is 40.7 Å². The molecule has 1 aromatic rings. The van der Waals surface area contributed by atoms with Gasteiger partial charge in [0.15, 0.2) is 0 Å². The third-order valence-electron chi connectivity index (χ3n) is 1.53. The number of nitrogens with one attached hydrogen (secondary N) is 2. The van der Waals surface area contributed by atoms with Gasteiger partial charge in [-0.2, -0.15) is 5.10 Å². The SMILES string of the molecule is C#CCNC(C)c1cn[nH]c1. The van der Waals surface area contributed by atoms with Gasteiger partial charge in [-0.3, -0.25) is 10.4 Å². The molecule has 1 heterocycles. The summed E-state index contributed by atoms with van der Waals surface area (Å²) in [5.41, 5.74) is 1.13. The van der Waals surface area contributed by atoms with Crippen LogP contribution < -0.4 is 5.32 Å². The standard InChI is InChI=1S/C8H11N3/c1-3-4-9-7(2)8-5-10-11-6-8/h1,5-7,9H,4H2,2H3,(H,10,11). The zero-order valence-corrected chi connectivity index (χ0v) is 6.46. The molecule has 3 nitrogen and oxygen atoms in total. The first-order valence-electron chi connectivity index (χ1n) is 3.50. The fraction of sp³-hybridized carbons (Fsp3) is 0.375. The summed E-state index contributed by atoms with van der Waals surface area (Å²) >= 11 is 0. The largest absolute Gasteiger partial charge is 0.299 e. The second-order valence-electron chi connectivity index (χ2n) is 2.34. The van der Waals surface area contributed by atoms with Gasteiger partial charge in [-0.05, 0) is 6.92 Å². The Bertz CT molecular complexity index is 232. The summed E-state index contributed by atoms with van der Waals surface area (Å²) in [5, 5.41) is 9.72. The minimum atomic E-state index is 0.268. The number of terminal acetylenes is 1. The van der Waals surface area contributed by atoms with Crippen molar-refractivity contribution in [2.75, 3.05) is 6.54 Å². The molecule has 3 heteroatoms. The highest BCUT2D eigenvalue weighted by atomic mass is 15.1. The highest BCUT2D eigenvalue weighted by Gasteiger charge is 2.02. The van der Waals surface area contributed by atoms with Crippen LogP contribution in [0.15, 0.2) is 12.4 Å². The zero-order valence-electron chi connectivity index (χ0n) is 6.46. The molecule has 11 heavy (non-hydrogen) atoms. The Morgan fingerprint density at radius 3 is 3.27 bits per heavy atom. The Kier molecular flexibility index (Phi) is 2.70. The number of hydrogen-bond acceptors (Lipinski definition) is 2. The maximum atomic E-state index is 5.09. The van der Waals surface area contributed by atoms with E-state index in [1.807, 2.05) is 13.1 Å². The van der Waals surface area contributed by atoms with Gasteiger partial charge in [-0.15, -0.1) is 6.42 Å². The Morgan fingerprint density at radius 2 is 2.73 bits per heavy atom. The predicted molar refractivity (Wildman–Crippen MR) is 43.8 cm³/mol. The number of aromatic nitrogens is 2. The molecule has 2 N–H and O–H groups in total. The molecule has 0 spiro atoms. The van der Waals surface area contributed by atoms with Gasteiger partial charge < -0.3 is 0 Å². The van der Waals surface area contributed by atoms with Crippen LogP contribution in [-0.2, 0) is 0 Å². The average Bonchev–Trinajstić information content (AvgIpc) is 2.52. The van der Waals surface area contributed by atoms with Gasteiger partial charge in [0.05, 0.1) is 12.7 Å². The van der Waals surface area contributed by atoms with Crippen molar-refractivity contribution >= 4 is 0 Å². The highest BCUT2D eigenvalue weighted by molar-refractivity contribution is 5.08. The molecule has 1 unspecified atom stereocenters. The molecule has 0 saturated heterocycles. The van der Waals surface area contributed by atoms with E-state index in [9.17, 15) is 0 Å². The fourth-order valence-corrected chi connectivity index (χ4v) is 0.828. The molecule has 0 saturated carbocycles. The summed E-state index contributed by atoms with van der Waals surface area (Å²) < 4.78 is 0. The number of H-pyrrole nitrogens is 1. The summed E-state index contributed by atoms with van der Waals surface area (Å²) in [4.78, 5) is 0. The first kappa shape index (κ1) is 7.83. The second kappa shape index (κ2) is 3.79. The van der Waals surface area contributed by atoms with Gasteiger partial charge in [0.1, 0.15) is 0 Å². The number of rotatable bonds is 3. The van der Waals surface area contributed by atoms with Crippen LogP contribution in [0.2, 0.25) is 0 Å². The van der Waals surface area contributed by atoms with Crippen LogP contribution in [-0.4, -0.2) is 16.7 Å². The summed E-state index contributed by atoms with van der Waals surface area (Å²) in [6.45, 7) is 2.63. The van der Waals surface area contributed by atoms with Gasteiger partial charge in [0.25, 0.3) is 0 Å². The van der Waals surface area contributed by atoms with E-state index in [-0.39, 0.29) is 6.04 Å². The van der Waals surface area contributed by atoms with Crippen LogP contribution in [0.1, 0.15) is 18.5 Å². The first-order chi connectivity index (χ1) is 5.34. The van der Waals surface area contributed by atoms with Crippen molar-refractivity contribution in [3.05, 3.63) is 18.0 Å². The van der Waals surface area contributed by atoms with Crippen molar-refractivity contribution in [2.24, 2.45) is 0 Å². The molecular formula is C8H11N3. The van der Waals surface area contributed by atoms with Crippen LogP contribution in [0.3, 0.4) is 0 Å². The predicted octanol–water partition coefficient (Wildman–Crippen LogP) is 0.694. The minimum Gasteiger partial charge on any atom is -0.299 e. The number of aromatic amines is 1. The van der Waals surface area contributed by atoms with E-state index in [1.54, 1.807) is 6.20 Å². The smallest absolute Gasteiger partial charge is 0.0578 e.